The van der Waals surface area contributed by atoms with Crippen molar-refractivity contribution in [2.24, 2.45) is 11.3 Å². The van der Waals surface area contributed by atoms with Crippen molar-refractivity contribution in [2.45, 2.75) is 65.1 Å². The lowest BCUT2D eigenvalue weighted by molar-refractivity contribution is -0.138. The molecule has 0 aliphatic carbocycles. The minimum Gasteiger partial charge on any atom is -0.369 e. The summed E-state index contributed by atoms with van der Waals surface area (Å²) in [6.07, 6.45) is 2.14. The van der Waals surface area contributed by atoms with Crippen LogP contribution in [0.2, 0.25) is 0 Å². The number of carbonyl (C=O) groups is 3. The van der Waals surface area contributed by atoms with Crippen molar-refractivity contribution in [1.82, 2.24) is 15.1 Å². The van der Waals surface area contributed by atoms with Crippen molar-refractivity contribution >= 4 is 23.3 Å². The third-order valence-corrected chi connectivity index (χ3v) is 7.65. The van der Waals surface area contributed by atoms with Gasteiger partial charge in [-0.1, -0.05) is 34.1 Å². The molecule has 8 heteroatoms. The van der Waals surface area contributed by atoms with Crippen molar-refractivity contribution < 1.29 is 19.1 Å². The van der Waals surface area contributed by atoms with Gasteiger partial charge in [-0.05, 0) is 49.6 Å². The van der Waals surface area contributed by atoms with E-state index >= 15 is 0 Å². The van der Waals surface area contributed by atoms with Crippen LogP contribution in [-0.4, -0.2) is 92.0 Å². The molecule has 4 rings (SSSR count). The van der Waals surface area contributed by atoms with Gasteiger partial charge in [0.2, 0.25) is 5.91 Å². The molecule has 3 fully saturated rings. The van der Waals surface area contributed by atoms with Crippen LogP contribution in [0.15, 0.2) is 24.3 Å². The van der Waals surface area contributed by atoms with Gasteiger partial charge < -0.3 is 24.8 Å². The summed E-state index contributed by atoms with van der Waals surface area (Å²) in [5.74, 6) is -0.326. The second-order valence-electron chi connectivity index (χ2n) is 11.9. The molecule has 1 aromatic rings. The first-order valence-electron chi connectivity index (χ1n) is 13.4. The molecule has 0 radical (unpaired) electrons. The van der Waals surface area contributed by atoms with Crippen LogP contribution < -0.4 is 10.2 Å². The van der Waals surface area contributed by atoms with Gasteiger partial charge in [-0.3, -0.25) is 14.4 Å². The number of nitrogens with zero attached hydrogens (tertiary/aromatic N) is 3. The number of amides is 2. The SMILES string of the molecule is CCC[C@H]1CN(C(=O)C(CC(C)(C)C)NC(=O)c2ccc(N3CCN(C)CC3)cc2)[C@@H]2C(=O)CO[C@H]12. The van der Waals surface area contributed by atoms with Gasteiger partial charge in [-0.15, -0.1) is 0 Å². The Balaban J connectivity index is 1.48. The van der Waals surface area contributed by atoms with Crippen molar-refractivity contribution in [3.05, 3.63) is 29.8 Å². The quantitative estimate of drug-likeness (QED) is 0.622. The molecule has 0 aromatic heterocycles. The number of rotatable bonds is 7. The number of ether oxygens (including phenoxy) is 1. The van der Waals surface area contributed by atoms with E-state index in [1.807, 2.05) is 24.3 Å². The van der Waals surface area contributed by atoms with Crippen molar-refractivity contribution in [1.29, 1.82) is 0 Å². The maximum atomic E-state index is 13.8. The van der Waals surface area contributed by atoms with Gasteiger partial charge >= 0.3 is 0 Å². The first-order chi connectivity index (χ1) is 17.1. The summed E-state index contributed by atoms with van der Waals surface area (Å²) in [6, 6.07) is 6.39. The first kappa shape index (κ1) is 26.6. The topological polar surface area (TPSA) is 82.2 Å². The standard InChI is InChI=1S/C28H42N4O4/c1-6-7-20-17-32(24-23(33)18-36-25(20)24)27(35)22(16-28(2,3)4)29-26(34)19-8-10-21(11-9-19)31-14-12-30(5)13-15-31/h8-11,20,22,24-25H,6-7,12-18H2,1-5H3,(H,29,34)/t20-,22?,24+,25+/m0/s1. The number of benzene rings is 1. The van der Waals surface area contributed by atoms with Gasteiger partial charge in [0.05, 0.1) is 6.10 Å². The van der Waals surface area contributed by atoms with Crippen LogP contribution in [0.25, 0.3) is 0 Å². The Morgan fingerprint density at radius 1 is 1.11 bits per heavy atom. The number of nitrogens with one attached hydrogen (secondary N) is 1. The van der Waals surface area contributed by atoms with E-state index in [9.17, 15) is 14.4 Å². The Labute approximate surface area is 215 Å². The largest absolute Gasteiger partial charge is 0.369 e. The first-order valence-corrected chi connectivity index (χ1v) is 13.4. The predicted molar refractivity (Wildman–Crippen MR) is 140 cm³/mol. The maximum absolute atomic E-state index is 13.8. The summed E-state index contributed by atoms with van der Waals surface area (Å²) in [6.45, 7) is 12.8. The number of carbonyl (C=O) groups excluding carboxylic acids is 3. The Kier molecular flexibility index (Phi) is 8.05. The van der Waals surface area contributed by atoms with Crippen LogP contribution in [0.3, 0.4) is 0 Å². The highest BCUT2D eigenvalue weighted by molar-refractivity contribution is 5.99. The molecule has 0 bridgehead atoms. The zero-order valence-corrected chi connectivity index (χ0v) is 22.5. The number of piperazine rings is 1. The van der Waals surface area contributed by atoms with Gasteiger partial charge in [0, 0.05) is 49.9 Å². The third kappa shape index (κ3) is 5.92. The van der Waals surface area contributed by atoms with E-state index in [-0.39, 0.29) is 41.6 Å². The summed E-state index contributed by atoms with van der Waals surface area (Å²) in [4.78, 5) is 46.0. The number of anilines is 1. The molecule has 0 spiro atoms. The number of ketones is 1. The van der Waals surface area contributed by atoms with E-state index < -0.39 is 12.1 Å². The summed E-state index contributed by atoms with van der Waals surface area (Å²) in [7, 11) is 2.13. The van der Waals surface area contributed by atoms with Crippen molar-refractivity contribution in [3.63, 3.8) is 0 Å². The summed E-state index contributed by atoms with van der Waals surface area (Å²) >= 11 is 0. The molecular formula is C28H42N4O4. The van der Waals surface area contributed by atoms with Crippen LogP contribution in [0.1, 0.15) is 57.3 Å². The van der Waals surface area contributed by atoms with Crippen LogP contribution in [0, 0.1) is 11.3 Å². The molecule has 3 heterocycles. The molecule has 2 amide bonds. The molecule has 36 heavy (non-hydrogen) atoms. The van der Waals surface area contributed by atoms with Crippen LogP contribution in [-0.2, 0) is 14.3 Å². The monoisotopic (exact) mass is 498 g/mol. The summed E-state index contributed by atoms with van der Waals surface area (Å²) in [5, 5.41) is 3.01. The van der Waals surface area contributed by atoms with Crippen molar-refractivity contribution in [3.8, 4) is 0 Å². The second kappa shape index (κ2) is 10.9. The molecule has 1 N–H and O–H groups in total. The van der Waals surface area contributed by atoms with Gasteiger partial charge in [-0.2, -0.15) is 0 Å². The summed E-state index contributed by atoms with van der Waals surface area (Å²) in [5.41, 5.74) is 1.45. The fourth-order valence-corrected chi connectivity index (χ4v) is 5.75. The van der Waals surface area contributed by atoms with Crippen molar-refractivity contribution in [2.75, 3.05) is 51.3 Å². The van der Waals surface area contributed by atoms with Gasteiger partial charge in [-0.25, -0.2) is 0 Å². The Hall–Kier alpha value is -2.45. The lowest BCUT2D eigenvalue weighted by Gasteiger charge is -2.34. The van der Waals surface area contributed by atoms with Crippen LogP contribution >= 0.6 is 0 Å². The molecule has 3 saturated heterocycles. The molecule has 1 unspecified atom stereocenters. The van der Waals surface area contributed by atoms with E-state index in [4.69, 9.17) is 4.74 Å². The number of likely N-dealkylation sites (N-methyl/N-ethyl adjacent to an activating group) is 1. The Morgan fingerprint density at radius 2 is 1.78 bits per heavy atom. The molecule has 0 saturated carbocycles. The minimum absolute atomic E-state index is 0.0349. The minimum atomic E-state index is -0.704. The molecular weight excluding hydrogens is 456 g/mol. The summed E-state index contributed by atoms with van der Waals surface area (Å²) < 4.78 is 5.80. The average molecular weight is 499 g/mol. The van der Waals surface area contributed by atoms with Crippen LogP contribution in [0.5, 0.6) is 0 Å². The molecule has 8 nitrogen and oxygen atoms in total. The molecule has 4 atom stereocenters. The lowest BCUT2D eigenvalue weighted by Crippen LogP contribution is -2.53. The number of hydrogen-bond acceptors (Lipinski definition) is 6. The normalized spacial score (nSPS) is 25.7. The fourth-order valence-electron chi connectivity index (χ4n) is 5.75. The zero-order valence-electron chi connectivity index (χ0n) is 22.5. The van der Waals surface area contributed by atoms with E-state index in [1.54, 1.807) is 4.90 Å². The highest BCUT2D eigenvalue weighted by atomic mass is 16.5. The lowest BCUT2D eigenvalue weighted by atomic mass is 9.87. The highest BCUT2D eigenvalue weighted by Gasteiger charge is 2.52. The number of hydrogen-bond donors (Lipinski definition) is 1. The molecule has 3 aliphatic heterocycles. The molecule has 198 valence electrons. The van der Waals surface area contributed by atoms with Gasteiger partial charge in [0.15, 0.2) is 5.78 Å². The maximum Gasteiger partial charge on any atom is 0.251 e. The van der Waals surface area contributed by atoms with Gasteiger partial charge in [0.25, 0.3) is 5.91 Å². The Morgan fingerprint density at radius 3 is 2.39 bits per heavy atom. The van der Waals surface area contributed by atoms with E-state index in [0.717, 1.165) is 44.7 Å². The van der Waals surface area contributed by atoms with Gasteiger partial charge in [0.1, 0.15) is 18.7 Å². The fraction of sp³-hybridized carbons (Fsp3) is 0.679. The van der Waals surface area contributed by atoms with Crippen LogP contribution in [0.4, 0.5) is 5.69 Å². The van der Waals surface area contributed by atoms with E-state index in [2.05, 4.69) is 49.9 Å². The Bertz CT molecular complexity index is 949. The number of Topliss-reactive ketones (excluding diaryl/α,β-unsaturated/α-hetero) is 1. The zero-order chi connectivity index (χ0) is 26.0. The smallest absolute Gasteiger partial charge is 0.251 e. The molecule has 3 aliphatic rings. The average Bonchev–Trinajstić information content (AvgIpc) is 3.39. The predicted octanol–water partition coefficient (Wildman–Crippen LogP) is 2.57. The highest BCUT2D eigenvalue weighted by Crippen LogP contribution is 2.35. The number of fused-ring (bicyclic) bond motifs is 1. The van der Waals surface area contributed by atoms with E-state index in [1.165, 1.54) is 0 Å². The second-order valence-corrected chi connectivity index (χ2v) is 11.9. The number of likely N-dealkylation sites (tertiary alicyclic amines) is 1. The third-order valence-electron chi connectivity index (χ3n) is 7.65. The molecule has 1 aromatic carbocycles. The van der Waals surface area contributed by atoms with E-state index in [0.29, 0.717) is 18.5 Å².